The normalized spacial score (nSPS) is 12.2. The van der Waals surface area contributed by atoms with Gasteiger partial charge < -0.3 is 0 Å². The first-order valence-electron chi connectivity index (χ1n) is 7.74. The van der Waals surface area contributed by atoms with Crippen molar-refractivity contribution in [3.05, 3.63) is 83.9 Å². The van der Waals surface area contributed by atoms with Gasteiger partial charge in [0.2, 0.25) is 0 Å². The molecular formula is C19H21N3. The minimum atomic E-state index is 0.493. The molecule has 0 N–H and O–H groups in total. The highest BCUT2D eigenvalue weighted by Crippen LogP contribution is 2.25. The van der Waals surface area contributed by atoms with Gasteiger partial charge in [-0.25, -0.2) is 4.98 Å². The predicted molar refractivity (Wildman–Crippen MR) is 88.7 cm³/mol. The molecule has 1 atom stereocenters. The topological polar surface area (TPSA) is 30.7 Å². The molecule has 0 aliphatic carbocycles. The SMILES string of the molecule is Cc1ccc([C@H](CCn2cncn2)Cc2ccccc2)cc1. The van der Waals surface area contributed by atoms with Crippen molar-refractivity contribution in [1.29, 1.82) is 0 Å². The van der Waals surface area contributed by atoms with Crippen LogP contribution in [0.4, 0.5) is 0 Å². The van der Waals surface area contributed by atoms with Crippen LogP contribution in [0.15, 0.2) is 67.3 Å². The van der Waals surface area contributed by atoms with Gasteiger partial charge in [0, 0.05) is 6.54 Å². The lowest BCUT2D eigenvalue weighted by Crippen LogP contribution is -2.08. The van der Waals surface area contributed by atoms with E-state index in [0.29, 0.717) is 5.92 Å². The summed E-state index contributed by atoms with van der Waals surface area (Å²) in [6.07, 6.45) is 5.49. The van der Waals surface area contributed by atoms with Crippen molar-refractivity contribution in [3.8, 4) is 0 Å². The van der Waals surface area contributed by atoms with Crippen molar-refractivity contribution in [2.45, 2.75) is 32.2 Å². The van der Waals surface area contributed by atoms with Gasteiger partial charge in [0.25, 0.3) is 0 Å². The molecule has 1 aromatic heterocycles. The summed E-state index contributed by atoms with van der Waals surface area (Å²) in [5, 5.41) is 4.21. The van der Waals surface area contributed by atoms with Gasteiger partial charge in [0.05, 0.1) is 0 Å². The first-order chi connectivity index (χ1) is 10.8. The molecule has 3 rings (SSSR count). The van der Waals surface area contributed by atoms with E-state index in [0.717, 1.165) is 19.4 Å². The first-order valence-corrected chi connectivity index (χ1v) is 7.74. The Kier molecular flexibility index (Phi) is 4.64. The number of nitrogens with zero attached hydrogens (tertiary/aromatic N) is 3. The largest absolute Gasteiger partial charge is 0.253 e. The molecule has 0 bridgehead atoms. The van der Waals surface area contributed by atoms with Crippen LogP contribution < -0.4 is 0 Å². The fourth-order valence-corrected chi connectivity index (χ4v) is 2.76. The zero-order valence-corrected chi connectivity index (χ0v) is 12.9. The Bertz CT molecular complexity index is 672. The first kappa shape index (κ1) is 14.5. The summed E-state index contributed by atoms with van der Waals surface area (Å²) in [5.74, 6) is 0.493. The third-order valence-corrected chi connectivity index (χ3v) is 4.05. The molecule has 0 aliphatic rings. The van der Waals surface area contributed by atoms with Crippen LogP contribution >= 0.6 is 0 Å². The zero-order valence-electron chi connectivity index (χ0n) is 12.9. The Morgan fingerprint density at radius 2 is 1.77 bits per heavy atom. The lowest BCUT2D eigenvalue weighted by molar-refractivity contribution is 0.510. The fourth-order valence-electron chi connectivity index (χ4n) is 2.76. The number of aryl methyl sites for hydroxylation is 2. The molecule has 0 amide bonds. The summed E-state index contributed by atoms with van der Waals surface area (Å²) in [7, 11) is 0. The molecule has 0 fully saturated rings. The number of benzene rings is 2. The second-order valence-electron chi connectivity index (χ2n) is 5.74. The van der Waals surface area contributed by atoms with E-state index in [1.165, 1.54) is 16.7 Å². The number of aromatic nitrogens is 3. The third kappa shape index (κ3) is 3.82. The Morgan fingerprint density at radius 1 is 1.00 bits per heavy atom. The molecular weight excluding hydrogens is 270 g/mol. The Morgan fingerprint density at radius 3 is 2.45 bits per heavy atom. The Hall–Kier alpha value is -2.42. The van der Waals surface area contributed by atoms with Crippen LogP contribution in [0.5, 0.6) is 0 Å². The van der Waals surface area contributed by atoms with Gasteiger partial charge in [0.15, 0.2) is 0 Å². The quantitative estimate of drug-likeness (QED) is 0.687. The monoisotopic (exact) mass is 291 g/mol. The van der Waals surface area contributed by atoms with Gasteiger partial charge in [-0.2, -0.15) is 5.10 Å². The standard InChI is InChI=1S/C19H21N3/c1-16-7-9-18(10-8-16)19(11-12-22-15-20-14-21-22)13-17-5-3-2-4-6-17/h2-10,14-15,19H,11-13H2,1H3/t19-/m1/s1. The molecule has 0 aliphatic heterocycles. The highest BCUT2D eigenvalue weighted by atomic mass is 15.3. The van der Waals surface area contributed by atoms with Gasteiger partial charge in [-0.1, -0.05) is 60.2 Å². The van der Waals surface area contributed by atoms with E-state index < -0.39 is 0 Å². The van der Waals surface area contributed by atoms with Crippen molar-refractivity contribution >= 4 is 0 Å². The highest BCUT2D eigenvalue weighted by molar-refractivity contribution is 5.27. The van der Waals surface area contributed by atoms with Crippen LogP contribution in [0, 0.1) is 6.92 Å². The maximum absolute atomic E-state index is 4.21. The van der Waals surface area contributed by atoms with Crippen molar-refractivity contribution < 1.29 is 0 Å². The summed E-state index contributed by atoms with van der Waals surface area (Å²) in [6, 6.07) is 19.6. The Labute approximate surface area is 131 Å². The summed E-state index contributed by atoms with van der Waals surface area (Å²) < 4.78 is 1.91. The van der Waals surface area contributed by atoms with Crippen LogP contribution in [0.2, 0.25) is 0 Å². The van der Waals surface area contributed by atoms with E-state index in [2.05, 4.69) is 71.6 Å². The average Bonchev–Trinajstić information content (AvgIpc) is 3.07. The molecule has 2 aromatic carbocycles. The molecule has 0 saturated heterocycles. The highest BCUT2D eigenvalue weighted by Gasteiger charge is 2.13. The van der Waals surface area contributed by atoms with Crippen molar-refractivity contribution in [1.82, 2.24) is 14.8 Å². The van der Waals surface area contributed by atoms with E-state index in [1.807, 2.05) is 4.68 Å². The molecule has 3 aromatic rings. The predicted octanol–water partition coefficient (Wildman–Crippen LogP) is 4.00. The number of rotatable bonds is 6. The van der Waals surface area contributed by atoms with Gasteiger partial charge in [0.1, 0.15) is 12.7 Å². The van der Waals surface area contributed by atoms with Gasteiger partial charge in [-0.3, -0.25) is 4.68 Å². The maximum Gasteiger partial charge on any atom is 0.137 e. The fraction of sp³-hybridized carbons (Fsp3) is 0.263. The van der Waals surface area contributed by atoms with Crippen LogP contribution in [0.25, 0.3) is 0 Å². The molecule has 1 heterocycles. The van der Waals surface area contributed by atoms with E-state index in [9.17, 15) is 0 Å². The van der Waals surface area contributed by atoms with E-state index in [4.69, 9.17) is 0 Å². The maximum atomic E-state index is 4.21. The lowest BCUT2D eigenvalue weighted by atomic mass is 9.89. The Balaban J connectivity index is 1.76. The average molecular weight is 291 g/mol. The van der Waals surface area contributed by atoms with Crippen molar-refractivity contribution in [2.75, 3.05) is 0 Å². The molecule has 0 unspecified atom stereocenters. The second kappa shape index (κ2) is 7.03. The zero-order chi connectivity index (χ0) is 15.2. The van der Waals surface area contributed by atoms with Crippen molar-refractivity contribution in [3.63, 3.8) is 0 Å². The summed E-state index contributed by atoms with van der Waals surface area (Å²) in [4.78, 5) is 4.02. The van der Waals surface area contributed by atoms with E-state index in [-0.39, 0.29) is 0 Å². The summed E-state index contributed by atoms with van der Waals surface area (Å²) in [5.41, 5.74) is 4.08. The molecule has 0 saturated carbocycles. The molecule has 0 spiro atoms. The lowest BCUT2D eigenvalue weighted by Gasteiger charge is -2.18. The summed E-state index contributed by atoms with van der Waals surface area (Å²) in [6.45, 7) is 3.02. The van der Waals surface area contributed by atoms with Gasteiger partial charge >= 0.3 is 0 Å². The molecule has 0 radical (unpaired) electrons. The van der Waals surface area contributed by atoms with Gasteiger partial charge in [-0.05, 0) is 36.8 Å². The van der Waals surface area contributed by atoms with E-state index in [1.54, 1.807) is 12.7 Å². The molecule has 22 heavy (non-hydrogen) atoms. The number of hydrogen-bond acceptors (Lipinski definition) is 2. The van der Waals surface area contributed by atoms with E-state index >= 15 is 0 Å². The smallest absolute Gasteiger partial charge is 0.137 e. The molecule has 3 nitrogen and oxygen atoms in total. The minimum Gasteiger partial charge on any atom is -0.253 e. The van der Waals surface area contributed by atoms with Crippen molar-refractivity contribution in [2.24, 2.45) is 0 Å². The summed E-state index contributed by atoms with van der Waals surface area (Å²) >= 11 is 0. The van der Waals surface area contributed by atoms with Crippen LogP contribution in [0.1, 0.15) is 29.0 Å². The van der Waals surface area contributed by atoms with Gasteiger partial charge in [-0.15, -0.1) is 0 Å². The van der Waals surface area contributed by atoms with Crippen LogP contribution in [-0.4, -0.2) is 14.8 Å². The second-order valence-corrected chi connectivity index (χ2v) is 5.74. The molecule has 3 heteroatoms. The van der Waals surface area contributed by atoms with Crippen LogP contribution in [-0.2, 0) is 13.0 Å². The molecule has 112 valence electrons. The minimum absolute atomic E-state index is 0.493. The third-order valence-electron chi connectivity index (χ3n) is 4.05. The number of hydrogen-bond donors (Lipinski definition) is 0. The van der Waals surface area contributed by atoms with Crippen LogP contribution in [0.3, 0.4) is 0 Å².